The molecule has 7 heteroatoms. The summed E-state index contributed by atoms with van der Waals surface area (Å²) in [7, 11) is 0. The largest absolute Gasteiger partial charge is 0.401 e. The molecule has 2 amide bonds. The summed E-state index contributed by atoms with van der Waals surface area (Å²) in [5.74, 6) is 0. The van der Waals surface area contributed by atoms with Crippen molar-refractivity contribution in [2.75, 3.05) is 18.4 Å². The van der Waals surface area contributed by atoms with Crippen LogP contribution >= 0.6 is 0 Å². The van der Waals surface area contributed by atoms with E-state index in [0.717, 1.165) is 22.3 Å². The summed E-state index contributed by atoms with van der Waals surface area (Å²) in [6.45, 7) is 4.36. The Balaban J connectivity index is 1.71. The Morgan fingerprint density at radius 2 is 1.89 bits per heavy atom. The number of alkyl halides is 3. The average molecular weight is 391 g/mol. The Morgan fingerprint density at radius 1 is 1.14 bits per heavy atom. The van der Waals surface area contributed by atoms with Crippen LogP contribution in [0, 0.1) is 6.92 Å². The van der Waals surface area contributed by atoms with Gasteiger partial charge in [0.25, 0.3) is 0 Å². The summed E-state index contributed by atoms with van der Waals surface area (Å²) in [5.41, 5.74) is 4.33. The van der Waals surface area contributed by atoms with Gasteiger partial charge < -0.3 is 10.2 Å². The van der Waals surface area contributed by atoms with Gasteiger partial charge >= 0.3 is 12.2 Å². The molecule has 3 rings (SSSR count). The summed E-state index contributed by atoms with van der Waals surface area (Å²) in [5, 5.41) is 2.90. The van der Waals surface area contributed by atoms with Gasteiger partial charge in [-0.05, 0) is 42.2 Å². The van der Waals surface area contributed by atoms with E-state index in [4.69, 9.17) is 0 Å². The number of fused-ring (bicyclic) bond motifs is 1. The highest BCUT2D eigenvalue weighted by atomic mass is 19.4. The number of carbonyl (C=O) groups excluding carboxylic acids is 1. The van der Waals surface area contributed by atoms with Crippen molar-refractivity contribution < 1.29 is 18.0 Å². The molecule has 0 radical (unpaired) electrons. The van der Waals surface area contributed by atoms with Crippen molar-refractivity contribution in [2.45, 2.75) is 39.7 Å². The smallest absolute Gasteiger partial charge is 0.320 e. The maximum atomic E-state index is 12.8. The summed E-state index contributed by atoms with van der Waals surface area (Å²) < 4.78 is 38.1. The third-order valence-electron chi connectivity index (χ3n) is 4.98. The topological polar surface area (TPSA) is 35.6 Å². The number of benzene rings is 2. The number of rotatable bonds is 5. The maximum absolute atomic E-state index is 12.8. The normalized spacial score (nSPS) is 14.0. The lowest BCUT2D eigenvalue weighted by Crippen LogP contribution is -2.34. The van der Waals surface area contributed by atoms with E-state index in [2.05, 4.69) is 5.32 Å². The van der Waals surface area contributed by atoms with Crippen molar-refractivity contribution in [3.63, 3.8) is 0 Å². The van der Waals surface area contributed by atoms with Crippen LogP contribution in [0.5, 0.6) is 0 Å². The summed E-state index contributed by atoms with van der Waals surface area (Å²) in [6.07, 6.45) is -4.24. The molecule has 1 aliphatic heterocycles. The lowest BCUT2D eigenvalue weighted by Gasteiger charge is -2.23. The third-order valence-corrected chi connectivity index (χ3v) is 4.98. The zero-order valence-corrected chi connectivity index (χ0v) is 16.0. The SMILES string of the molecule is CCN(Cc1ccccc1C)C(=O)Nc1cccc2c1CN(CC(F)(F)F)C2. The predicted octanol–water partition coefficient (Wildman–Crippen LogP) is 4.93. The summed E-state index contributed by atoms with van der Waals surface area (Å²) in [6, 6.07) is 12.9. The van der Waals surface area contributed by atoms with E-state index < -0.39 is 12.7 Å². The van der Waals surface area contributed by atoms with Gasteiger partial charge in [0, 0.05) is 31.9 Å². The van der Waals surface area contributed by atoms with Crippen molar-refractivity contribution in [1.82, 2.24) is 9.80 Å². The van der Waals surface area contributed by atoms with Gasteiger partial charge in [0.05, 0.1) is 6.54 Å². The Bertz CT molecular complexity index is 851. The first kappa shape index (κ1) is 20.2. The number of halogens is 3. The van der Waals surface area contributed by atoms with Gasteiger partial charge in [0.15, 0.2) is 0 Å². The van der Waals surface area contributed by atoms with Gasteiger partial charge in [-0.1, -0.05) is 36.4 Å². The number of nitrogens with zero attached hydrogens (tertiary/aromatic N) is 2. The Morgan fingerprint density at radius 3 is 2.57 bits per heavy atom. The monoisotopic (exact) mass is 391 g/mol. The van der Waals surface area contributed by atoms with Crippen LogP contribution in [0.4, 0.5) is 23.7 Å². The second kappa shape index (κ2) is 8.22. The molecular formula is C21H24F3N3O. The van der Waals surface area contributed by atoms with E-state index in [0.29, 0.717) is 18.8 Å². The van der Waals surface area contributed by atoms with Gasteiger partial charge in [0.1, 0.15) is 0 Å². The average Bonchev–Trinajstić information content (AvgIpc) is 3.02. The number of anilines is 1. The molecule has 0 saturated carbocycles. The maximum Gasteiger partial charge on any atom is 0.401 e. The molecule has 2 aromatic carbocycles. The van der Waals surface area contributed by atoms with Gasteiger partial charge in [0.2, 0.25) is 0 Å². The van der Waals surface area contributed by atoms with Crippen LogP contribution < -0.4 is 5.32 Å². The van der Waals surface area contributed by atoms with Gasteiger partial charge in [-0.2, -0.15) is 13.2 Å². The first-order valence-electron chi connectivity index (χ1n) is 9.27. The zero-order valence-electron chi connectivity index (χ0n) is 16.0. The summed E-state index contributed by atoms with van der Waals surface area (Å²) in [4.78, 5) is 15.8. The number of amides is 2. The molecule has 0 saturated heterocycles. The summed E-state index contributed by atoms with van der Waals surface area (Å²) >= 11 is 0. The molecule has 0 unspecified atom stereocenters. The number of nitrogens with one attached hydrogen (secondary N) is 1. The van der Waals surface area contributed by atoms with E-state index >= 15 is 0 Å². The molecule has 150 valence electrons. The molecular weight excluding hydrogens is 367 g/mol. The minimum Gasteiger partial charge on any atom is -0.320 e. The van der Waals surface area contributed by atoms with Crippen molar-refractivity contribution in [3.8, 4) is 0 Å². The van der Waals surface area contributed by atoms with Crippen LogP contribution in [0.15, 0.2) is 42.5 Å². The molecule has 0 atom stereocenters. The molecule has 1 N–H and O–H groups in total. The van der Waals surface area contributed by atoms with Gasteiger partial charge in [-0.3, -0.25) is 4.90 Å². The van der Waals surface area contributed by atoms with Crippen LogP contribution in [0.1, 0.15) is 29.2 Å². The molecule has 0 fully saturated rings. The molecule has 28 heavy (non-hydrogen) atoms. The van der Waals surface area contributed by atoms with Gasteiger partial charge in [-0.15, -0.1) is 0 Å². The molecule has 0 aliphatic carbocycles. The number of hydrogen-bond donors (Lipinski definition) is 1. The zero-order chi connectivity index (χ0) is 20.3. The molecule has 1 aliphatic rings. The minimum atomic E-state index is -4.24. The van der Waals surface area contributed by atoms with Crippen LogP contribution in [0.3, 0.4) is 0 Å². The van der Waals surface area contributed by atoms with Crippen LogP contribution in [-0.2, 0) is 19.6 Å². The van der Waals surface area contributed by atoms with E-state index in [1.165, 1.54) is 4.90 Å². The highest BCUT2D eigenvalue weighted by molar-refractivity contribution is 5.90. The standard InChI is InChI=1S/C21H24F3N3O/c1-3-27(12-16-8-5-4-7-15(16)2)20(28)25-19-10-6-9-17-11-26(13-18(17)19)14-21(22,23)24/h4-10H,3,11-14H2,1-2H3,(H,25,28). The van der Waals surface area contributed by atoms with E-state index in [9.17, 15) is 18.0 Å². The number of urea groups is 1. The fraction of sp³-hybridized carbons (Fsp3) is 0.381. The highest BCUT2D eigenvalue weighted by Gasteiger charge is 2.34. The lowest BCUT2D eigenvalue weighted by atomic mass is 10.1. The van der Waals surface area contributed by atoms with E-state index in [1.54, 1.807) is 17.0 Å². The number of carbonyl (C=O) groups is 1. The first-order chi connectivity index (χ1) is 13.3. The second-order valence-corrected chi connectivity index (χ2v) is 7.07. The van der Waals surface area contributed by atoms with E-state index in [1.807, 2.05) is 44.2 Å². The van der Waals surface area contributed by atoms with E-state index in [-0.39, 0.29) is 19.1 Å². The van der Waals surface area contributed by atoms with Crippen LogP contribution in [0.2, 0.25) is 0 Å². The Labute approximate surface area is 162 Å². The van der Waals surface area contributed by atoms with Gasteiger partial charge in [-0.25, -0.2) is 4.79 Å². The van der Waals surface area contributed by atoms with Crippen molar-refractivity contribution in [2.24, 2.45) is 0 Å². The Hall–Kier alpha value is -2.54. The highest BCUT2D eigenvalue weighted by Crippen LogP contribution is 2.31. The molecule has 1 heterocycles. The second-order valence-electron chi connectivity index (χ2n) is 7.07. The first-order valence-corrected chi connectivity index (χ1v) is 9.27. The quantitative estimate of drug-likeness (QED) is 0.785. The fourth-order valence-electron chi connectivity index (χ4n) is 3.49. The molecule has 0 spiro atoms. The van der Waals surface area contributed by atoms with Crippen LogP contribution in [0.25, 0.3) is 0 Å². The third kappa shape index (κ3) is 4.84. The molecule has 2 aromatic rings. The molecule has 0 aromatic heterocycles. The van der Waals surface area contributed by atoms with Crippen molar-refractivity contribution >= 4 is 11.7 Å². The number of hydrogen-bond acceptors (Lipinski definition) is 2. The van der Waals surface area contributed by atoms with Crippen molar-refractivity contribution in [3.05, 3.63) is 64.7 Å². The predicted molar refractivity (Wildman–Crippen MR) is 103 cm³/mol. The molecule has 0 bridgehead atoms. The minimum absolute atomic E-state index is 0.176. The van der Waals surface area contributed by atoms with Crippen LogP contribution in [-0.4, -0.2) is 35.1 Å². The van der Waals surface area contributed by atoms with Crippen molar-refractivity contribution in [1.29, 1.82) is 0 Å². The molecule has 4 nitrogen and oxygen atoms in total. The fourth-order valence-corrected chi connectivity index (χ4v) is 3.49. The lowest BCUT2D eigenvalue weighted by molar-refractivity contribution is -0.146. The Kier molecular flexibility index (Phi) is 5.93. The number of aryl methyl sites for hydroxylation is 1.